The highest BCUT2D eigenvalue weighted by atomic mass is 16.3. The van der Waals surface area contributed by atoms with Crippen LogP contribution in [0.25, 0.3) is 0 Å². The molecular weight excluding hydrogens is 206 g/mol. The van der Waals surface area contributed by atoms with E-state index in [0.717, 1.165) is 39.0 Å². The minimum atomic E-state index is -0.0994. The second-order valence-electron chi connectivity index (χ2n) is 4.23. The van der Waals surface area contributed by atoms with Gasteiger partial charge in [-0.2, -0.15) is 0 Å². The van der Waals surface area contributed by atoms with Crippen LogP contribution in [0.3, 0.4) is 0 Å². The van der Waals surface area contributed by atoms with Crippen LogP contribution in [0.2, 0.25) is 0 Å². The molecule has 5 nitrogen and oxygen atoms in total. The van der Waals surface area contributed by atoms with Crippen molar-refractivity contribution >= 4 is 5.91 Å². The first kappa shape index (κ1) is 13.4. The summed E-state index contributed by atoms with van der Waals surface area (Å²) in [5.41, 5.74) is 0. The highest BCUT2D eigenvalue weighted by Gasteiger charge is 2.14. The molecule has 0 aromatic carbocycles. The van der Waals surface area contributed by atoms with Gasteiger partial charge in [0, 0.05) is 13.1 Å². The SMILES string of the molecule is CC[C@H](CO)NC(=O)CN1CCCNCC1. The third-order valence-electron chi connectivity index (χ3n) is 2.88. The van der Waals surface area contributed by atoms with Gasteiger partial charge in [0.1, 0.15) is 0 Å². The van der Waals surface area contributed by atoms with Gasteiger partial charge >= 0.3 is 0 Å². The number of hydrogen-bond donors (Lipinski definition) is 3. The molecule has 0 aromatic rings. The first-order valence-corrected chi connectivity index (χ1v) is 6.09. The summed E-state index contributed by atoms with van der Waals surface area (Å²) >= 11 is 0. The summed E-state index contributed by atoms with van der Waals surface area (Å²) in [6, 6.07) is -0.0994. The van der Waals surface area contributed by atoms with Gasteiger partial charge < -0.3 is 15.7 Å². The van der Waals surface area contributed by atoms with Gasteiger partial charge in [-0.1, -0.05) is 6.92 Å². The summed E-state index contributed by atoms with van der Waals surface area (Å²) in [6.07, 6.45) is 1.86. The Morgan fingerprint density at radius 3 is 3.00 bits per heavy atom. The lowest BCUT2D eigenvalue weighted by atomic mass is 10.2. The predicted octanol–water partition coefficient (Wildman–Crippen LogP) is -0.831. The molecule has 94 valence electrons. The number of carbonyl (C=O) groups is 1. The van der Waals surface area contributed by atoms with E-state index in [0.29, 0.717) is 6.54 Å². The van der Waals surface area contributed by atoms with E-state index in [2.05, 4.69) is 15.5 Å². The molecule has 0 spiro atoms. The third-order valence-corrected chi connectivity index (χ3v) is 2.88. The van der Waals surface area contributed by atoms with Gasteiger partial charge in [0.05, 0.1) is 19.2 Å². The molecule has 0 unspecified atom stereocenters. The van der Waals surface area contributed by atoms with Crippen LogP contribution in [0.1, 0.15) is 19.8 Å². The van der Waals surface area contributed by atoms with Crippen LogP contribution in [-0.4, -0.2) is 61.3 Å². The van der Waals surface area contributed by atoms with Crippen molar-refractivity contribution in [2.24, 2.45) is 0 Å². The molecule has 16 heavy (non-hydrogen) atoms. The van der Waals surface area contributed by atoms with Crippen molar-refractivity contribution in [3.63, 3.8) is 0 Å². The monoisotopic (exact) mass is 229 g/mol. The molecule has 1 heterocycles. The number of hydrogen-bond acceptors (Lipinski definition) is 4. The van der Waals surface area contributed by atoms with E-state index in [1.165, 1.54) is 0 Å². The maximum Gasteiger partial charge on any atom is 0.234 e. The van der Waals surface area contributed by atoms with E-state index in [1.54, 1.807) is 0 Å². The van der Waals surface area contributed by atoms with Gasteiger partial charge in [-0.15, -0.1) is 0 Å². The lowest BCUT2D eigenvalue weighted by Gasteiger charge is -2.21. The van der Waals surface area contributed by atoms with E-state index >= 15 is 0 Å². The second kappa shape index (κ2) is 7.60. The Labute approximate surface area is 97.2 Å². The molecule has 0 aliphatic carbocycles. The average molecular weight is 229 g/mol. The Kier molecular flexibility index (Phi) is 6.37. The van der Waals surface area contributed by atoms with Gasteiger partial charge in [-0.3, -0.25) is 9.69 Å². The molecule has 5 heteroatoms. The molecule has 1 fully saturated rings. The zero-order chi connectivity index (χ0) is 11.8. The number of carbonyl (C=O) groups excluding carboxylic acids is 1. The Hall–Kier alpha value is -0.650. The number of amides is 1. The Morgan fingerprint density at radius 1 is 1.50 bits per heavy atom. The largest absolute Gasteiger partial charge is 0.394 e. The predicted molar refractivity (Wildman–Crippen MR) is 63.2 cm³/mol. The molecule has 0 radical (unpaired) electrons. The lowest BCUT2D eigenvalue weighted by Crippen LogP contribution is -2.44. The van der Waals surface area contributed by atoms with E-state index < -0.39 is 0 Å². The number of aliphatic hydroxyl groups excluding tert-OH is 1. The maximum atomic E-state index is 11.7. The molecule has 1 atom stereocenters. The van der Waals surface area contributed by atoms with Crippen LogP contribution in [0.4, 0.5) is 0 Å². The van der Waals surface area contributed by atoms with Gasteiger partial charge in [-0.25, -0.2) is 0 Å². The topological polar surface area (TPSA) is 64.6 Å². The van der Waals surface area contributed by atoms with Gasteiger partial charge in [0.15, 0.2) is 0 Å². The molecule has 1 rings (SSSR count). The molecule has 0 bridgehead atoms. The first-order valence-electron chi connectivity index (χ1n) is 6.09. The molecule has 0 saturated carbocycles. The number of rotatable bonds is 5. The van der Waals surface area contributed by atoms with E-state index in [1.807, 2.05) is 6.92 Å². The fourth-order valence-electron chi connectivity index (χ4n) is 1.81. The summed E-state index contributed by atoms with van der Waals surface area (Å²) in [4.78, 5) is 13.8. The van der Waals surface area contributed by atoms with E-state index in [9.17, 15) is 4.79 Å². The zero-order valence-electron chi connectivity index (χ0n) is 10.0. The standard InChI is InChI=1S/C11H23N3O2/c1-2-10(9-15)13-11(16)8-14-6-3-4-12-5-7-14/h10,12,15H,2-9H2,1H3,(H,13,16)/t10-/m1/s1. The van der Waals surface area contributed by atoms with Crippen LogP contribution < -0.4 is 10.6 Å². The highest BCUT2D eigenvalue weighted by Crippen LogP contribution is 1.95. The summed E-state index contributed by atoms with van der Waals surface area (Å²) in [5.74, 6) is 0.0165. The van der Waals surface area contributed by atoms with Crippen molar-refractivity contribution < 1.29 is 9.90 Å². The smallest absolute Gasteiger partial charge is 0.234 e. The molecule has 1 saturated heterocycles. The van der Waals surface area contributed by atoms with E-state index in [4.69, 9.17) is 5.11 Å². The molecule has 1 amide bonds. The Bertz CT molecular complexity index is 199. The molecule has 1 aliphatic rings. The fourth-order valence-corrected chi connectivity index (χ4v) is 1.81. The zero-order valence-corrected chi connectivity index (χ0v) is 10.0. The molecular formula is C11H23N3O2. The fraction of sp³-hybridized carbons (Fsp3) is 0.909. The van der Waals surface area contributed by atoms with Crippen LogP contribution in [0, 0.1) is 0 Å². The van der Waals surface area contributed by atoms with Crippen molar-refractivity contribution in [2.45, 2.75) is 25.8 Å². The maximum absolute atomic E-state index is 11.7. The minimum Gasteiger partial charge on any atom is -0.394 e. The summed E-state index contributed by atoms with van der Waals surface area (Å²) in [7, 11) is 0. The van der Waals surface area contributed by atoms with Crippen molar-refractivity contribution in [3.05, 3.63) is 0 Å². The lowest BCUT2D eigenvalue weighted by molar-refractivity contribution is -0.123. The Morgan fingerprint density at radius 2 is 2.31 bits per heavy atom. The van der Waals surface area contributed by atoms with Crippen LogP contribution >= 0.6 is 0 Å². The minimum absolute atomic E-state index is 0.0165. The average Bonchev–Trinajstić information content (AvgIpc) is 2.54. The van der Waals surface area contributed by atoms with Crippen molar-refractivity contribution in [1.82, 2.24) is 15.5 Å². The van der Waals surface area contributed by atoms with Crippen molar-refractivity contribution in [1.29, 1.82) is 0 Å². The summed E-state index contributed by atoms with van der Waals surface area (Å²) in [6.45, 7) is 6.29. The van der Waals surface area contributed by atoms with Crippen LogP contribution in [0.5, 0.6) is 0 Å². The number of nitrogens with one attached hydrogen (secondary N) is 2. The molecule has 0 aromatic heterocycles. The third kappa shape index (κ3) is 4.92. The second-order valence-corrected chi connectivity index (χ2v) is 4.23. The highest BCUT2D eigenvalue weighted by molar-refractivity contribution is 5.78. The normalized spacial score (nSPS) is 20.1. The van der Waals surface area contributed by atoms with Gasteiger partial charge in [-0.05, 0) is 25.9 Å². The molecule has 3 N–H and O–H groups in total. The van der Waals surface area contributed by atoms with E-state index in [-0.39, 0.29) is 18.6 Å². The number of aliphatic hydroxyl groups is 1. The summed E-state index contributed by atoms with van der Waals surface area (Å²) in [5, 5.41) is 15.1. The van der Waals surface area contributed by atoms with Crippen molar-refractivity contribution in [2.75, 3.05) is 39.3 Å². The quantitative estimate of drug-likeness (QED) is 0.576. The Balaban J connectivity index is 2.26. The van der Waals surface area contributed by atoms with Gasteiger partial charge in [0.2, 0.25) is 5.91 Å². The summed E-state index contributed by atoms with van der Waals surface area (Å²) < 4.78 is 0. The first-order chi connectivity index (χ1) is 7.76. The molecule has 1 aliphatic heterocycles. The van der Waals surface area contributed by atoms with Crippen molar-refractivity contribution in [3.8, 4) is 0 Å². The van der Waals surface area contributed by atoms with Gasteiger partial charge in [0.25, 0.3) is 0 Å². The number of nitrogens with zero attached hydrogens (tertiary/aromatic N) is 1. The van der Waals surface area contributed by atoms with Crippen LogP contribution in [-0.2, 0) is 4.79 Å². The van der Waals surface area contributed by atoms with Crippen LogP contribution in [0.15, 0.2) is 0 Å².